The van der Waals surface area contributed by atoms with Crippen LogP contribution in [0.15, 0.2) is 0 Å². The summed E-state index contributed by atoms with van der Waals surface area (Å²) in [5.74, 6) is -1.29. The fourth-order valence-electron chi connectivity index (χ4n) is 3.50. The second-order valence-corrected chi connectivity index (χ2v) is 11.6. The van der Waals surface area contributed by atoms with Crippen LogP contribution in [0.3, 0.4) is 0 Å². The van der Waals surface area contributed by atoms with Gasteiger partial charge in [0.1, 0.15) is 12.4 Å². The lowest BCUT2D eigenvalue weighted by atomic mass is 9.71. The second-order valence-electron chi connectivity index (χ2n) is 10.1. The van der Waals surface area contributed by atoms with E-state index in [0.717, 1.165) is 0 Å². The minimum atomic E-state index is -1.58. The molecule has 4 unspecified atom stereocenters. The lowest BCUT2D eigenvalue weighted by Crippen LogP contribution is -2.52. The molecule has 0 bridgehead atoms. The number of Topliss-reactive ketones (excluding diaryl/α,β-unsaturated/α-hetero) is 1. The summed E-state index contributed by atoms with van der Waals surface area (Å²) in [7, 11) is -1.58. The Bertz CT molecular complexity index is 679. The molecule has 0 aliphatic rings. The van der Waals surface area contributed by atoms with Crippen molar-refractivity contribution in [1.82, 2.24) is 5.32 Å². The molecular formula is C22H41NO8S. The summed E-state index contributed by atoms with van der Waals surface area (Å²) in [5, 5.41) is 31.0. The van der Waals surface area contributed by atoms with Gasteiger partial charge in [0.25, 0.3) is 0 Å². The molecule has 10 heteroatoms. The number of hydrogen-bond acceptors (Lipinski definition) is 8. The summed E-state index contributed by atoms with van der Waals surface area (Å²) in [6, 6.07) is 0. The smallest absolute Gasteiger partial charge is 0.311 e. The second kappa shape index (κ2) is 12.8. The third kappa shape index (κ3) is 11.0. The molecule has 1 amide bonds. The van der Waals surface area contributed by atoms with Gasteiger partial charge in [-0.25, -0.2) is 0 Å². The van der Waals surface area contributed by atoms with Gasteiger partial charge >= 0.3 is 5.97 Å². The molecule has 4 N–H and O–H groups in total. The number of aliphatic hydroxyl groups is 3. The van der Waals surface area contributed by atoms with Gasteiger partial charge in [0.15, 0.2) is 0 Å². The number of hydrogen-bond donors (Lipinski definition) is 4. The zero-order chi connectivity index (χ0) is 25.3. The highest BCUT2D eigenvalue weighted by Crippen LogP contribution is 2.38. The summed E-state index contributed by atoms with van der Waals surface area (Å²) < 4.78 is 17.0. The molecule has 0 spiro atoms. The van der Waals surface area contributed by atoms with Crippen LogP contribution in [0.5, 0.6) is 0 Å². The largest absolute Gasteiger partial charge is 0.462 e. The maximum Gasteiger partial charge on any atom is 0.311 e. The van der Waals surface area contributed by atoms with Crippen LogP contribution in [0.4, 0.5) is 0 Å². The Kier molecular flexibility index (Phi) is 12.2. The van der Waals surface area contributed by atoms with Gasteiger partial charge in [0.2, 0.25) is 5.91 Å². The highest BCUT2D eigenvalue weighted by Gasteiger charge is 2.43. The number of carbonyl (C=O) groups is 3. The van der Waals surface area contributed by atoms with Crippen molar-refractivity contribution in [1.29, 1.82) is 0 Å². The van der Waals surface area contributed by atoms with Crippen molar-refractivity contribution >= 4 is 28.5 Å². The van der Waals surface area contributed by atoms with Crippen molar-refractivity contribution in [3.8, 4) is 0 Å². The van der Waals surface area contributed by atoms with E-state index < -0.39 is 52.0 Å². The Morgan fingerprint density at radius 1 is 1.03 bits per heavy atom. The fourth-order valence-corrected chi connectivity index (χ4v) is 4.70. The first-order valence-corrected chi connectivity index (χ1v) is 12.3. The minimum absolute atomic E-state index is 0.0391. The highest BCUT2D eigenvalue weighted by molar-refractivity contribution is 7.85. The van der Waals surface area contributed by atoms with E-state index in [-0.39, 0.29) is 42.6 Å². The van der Waals surface area contributed by atoms with Gasteiger partial charge in [0.05, 0.1) is 35.7 Å². The van der Waals surface area contributed by atoms with E-state index in [9.17, 15) is 28.8 Å². The van der Waals surface area contributed by atoms with Crippen molar-refractivity contribution in [2.75, 3.05) is 24.7 Å². The summed E-state index contributed by atoms with van der Waals surface area (Å²) in [6.45, 7) is 11.0. The first-order valence-electron chi connectivity index (χ1n) is 10.8. The summed E-state index contributed by atoms with van der Waals surface area (Å²) in [6.07, 6.45) is -1.49. The highest BCUT2D eigenvalue weighted by atomic mass is 32.2. The minimum Gasteiger partial charge on any atom is -0.462 e. The van der Waals surface area contributed by atoms with Crippen molar-refractivity contribution < 1.29 is 38.6 Å². The molecule has 9 nitrogen and oxygen atoms in total. The van der Waals surface area contributed by atoms with Crippen LogP contribution in [0, 0.1) is 10.8 Å². The van der Waals surface area contributed by atoms with Crippen LogP contribution < -0.4 is 5.32 Å². The third-order valence-corrected chi connectivity index (χ3v) is 6.74. The average Bonchev–Trinajstić information content (AvgIpc) is 2.63. The number of esters is 1. The molecule has 0 aliphatic carbocycles. The zero-order valence-electron chi connectivity index (χ0n) is 20.4. The first kappa shape index (κ1) is 30.6. The number of amides is 1. The number of aliphatic hydroxyl groups excluding tert-OH is 3. The lowest BCUT2D eigenvalue weighted by molar-refractivity contribution is -0.159. The number of carbonyl (C=O) groups excluding carboxylic acids is 3. The van der Waals surface area contributed by atoms with Crippen molar-refractivity contribution in [3.63, 3.8) is 0 Å². The van der Waals surface area contributed by atoms with E-state index in [0.29, 0.717) is 6.42 Å². The first-order chi connectivity index (χ1) is 14.5. The van der Waals surface area contributed by atoms with Gasteiger partial charge in [0, 0.05) is 28.2 Å². The summed E-state index contributed by atoms with van der Waals surface area (Å²) in [5.41, 5.74) is -2.65. The molecule has 0 saturated heterocycles. The number of rotatable bonds is 15. The maximum atomic E-state index is 13.0. The molecule has 0 aliphatic heterocycles. The van der Waals surface area contributed by atoms with E-state index in [1.807, 2.05) is 6.92 Å². The van der Waals surface area contributed by atoms with Gasteiger partial charge < -0.3 is 25.4 Å². The van der Waals surface area contributed by atoms with Crippen LogP contribution in [0.2, 0.25) is 0 Å². The van der Waals surface area contributed by atoms with E-state index in [4.69, 9.17) is 9.84 Å². The molecule has 0 heterocycles. The van der Waals surface area contributed by atoms with Gasteiger partial charge in [-0.3, -0.25) is 18.6 Å². The van der Waals surface area contributed by atoms with Gasteiger partial charge in [-0.2, -0.15) is 0 Å². The molecule has 0 rings (SSSR count). The maximum absolute atomic E-state index is 13.0. The monoisotopic (exact) mass is 479 g/mol. The van der Waals surface area contributed by atoms with Gasteiger partial charge in [-0.1, -0.05) is 13.8 Å². The predicted molar refractivity (Wildman–Crippen MR) is 122 cm³/mol. The Morgan fingerprint density at radius 2 is 1.56 bits per heavy atom. The zero-order valence-corrected chi connectivity index (χ0v) is 21.2. The topological polar surface area (TPSA) is 150 Å². The molecule has 0 fully saturated rings. The number of nitrogens with one attached hydrogen (secondary N) is 1. The Hall–Kier alpha value is -1.36. The molecule has 4 atom stereocenters. The Morgan fingerprint density at radius 3 is 2.03 bits per heavy atom. The summed E-state index contributed by atoms with van der Waals surface area (Å²) in [4.78, 5) is 37.1. The fraction of sp³-hybridized carbons (Fsp3) is 0.864. The van der Waals surface area contributed by atoms with E-state index >= 15 is 0 Å². The van der Waals surface area contributed by atoms with Crippen molar-refractivity contribution in [2.24, 2.45) is 10.8 Å². The molecule has 0 aromatic rings. The Labute approximate surface area is 193 Å². The average molecular weight is 480 g/mol. The normalized spacial score (nSPS) is 17.1. The van der Waals surface area contributed by atoms with Crippen molar-refractivity contribution in [3.05, 3.63) is 0 Å². The molecule has 0 radical (unpaired) electrons. The quantitative estimate of drug-likeness (QED) is 0.251. The van der Waals surface area contributed by atoms with E-state index in [2.05, 4.69) is 5.32 Å². The van der Waals surface area contributed by atoms with Crippen LogP contribution in [0.25, 0.3) is 0 Å². The van der Waals surface area contributed by atoms with E-state index in [1.54, 1.807) is 34.6 Å². The van der Waals surface area contributed by atoms with Crippen LogP contribution in [-0.2, 0) is 29.9 Å². The van der Waals surface area contributed by atoms with Gasteiger partial charge in [-0.05, 0) is 47.5 Å². The molecule has 32 heavy (non-hydrogen) atoms. The molecular weight excluding hydrogens is 438 g/mol. The SMILES string of the molecule is CCC(C)(CC(C)(C)C(=O)OCC(O)CS(=O)CC(O)CO)C(=O)NC(C)(C)CC(C)=O. The van der Waals surface area contributed by atoms with Gasteiger partial charge in [-0.15, -0.1) is 0 Å². The molecule has 188 valence electrons. The molecule has 0 aromatic heterocycles. The molecule has 0 aromatic carbocycles. The van der Waals surface area contributed by atoms with Crippen LogP contribution in [-0.4, -0.2) is 79.7 Å². The standard InChI is InChI=1S/C22H41NO8S/c1-8-22(7,18(28)23-21(5,6)9-15(2)25)14-20(3,4)19(29)31-11-17(27)13-32(30)12-16(26)10-24/h16-17,24,26-27H,8-14H2,1-7H3,(H,23,28). The lowest BCUT2D eigenvalue weighted by Gasteiger charge is -2.37. The molecule has 0 saturated carbocycles. The predicted octanol–water partition coefficient (Wildman–Crippen LogP) is 0.699. The number of ether oxygens (including phenoxy) is 1. The van der Waals surface area contributed by atoms with E-state index in [1.165, 1.54) is 6.92 Å². The van der Waals surface area contributed by atoms with Crippen molar-refractivity contribution in [2.45, 2.75) is 85.5 Å². The number of ketones is 1. The third-order valence-electron chi connectivity index (χ3n) is 5.23. The Balaban J connectivity index is 5.00. The van der Waals surface area contributed by atoms with Crippen LogP contribution >= 0.6 is 0 Å². The van der Waals surface area contributed by atoms with Crippen LogP contribution in [0.1, 0.15) is 67.7 Å². The summed E-state index contributed by atoms with van der Waals surface area (Å²) >= 11 is 0.